The lowest BCUT2D eigenvalue weighted by atomic mass is 9.96. The van der Waals surface area contributed by atoms with E-state index in [-0.39, 0.29) is 0 Å². The summed E-state index contributed by atoms with van der Waals surface area (Å²) in [6.07, 6.45) is 0.803. The first kappa shape index (κ1) is 17.0. The molecule has 6 nitrogen and oxygen atoms in total. The highest BCUT2D eigenvalue weighted by atomic mass is 16.5. The van der Waals surface area contributed by atoms with Gasteiger partial charge in [0.2, 0.25) is 0 Å². The molecule has 0 spiro atoms. The number of hydrogen-bond acceptors (Lipinski definition) is 5. The molecule has 3 rings (SSSR count). The molecule has 1 aromatic heterocycles. The van der Waals surface area contributed by atoms with E-state index in [9.17, 15) is 0 Å². The van der Waals surface area contributed by atoms with Crippen LogP contribution in [-0.2, 0) is 5.54 Å². The molecule has 0 aliphatic carbocycles. The van der Waals surface area contributed by atoms with Crippen molar-refractivity contribution in [2.75, 3.05) is 12.4 Å². The molecule has 0 saturated heterocycles. The Bertz CT molecular complexity index is 860. The number of anilines is 1. The lowest BCUT2D eigenvalue weighted by Crippen LogP contribution is -2.34. The molecule has 1 atom stereocenters. The van der Waals surface area contributed by atoms with E-state index in [1.54, 1.807) is 11.8 Å². The van der Waals surface area contributed by atoms with Gasteiger partial charge in [-0.3, -0.25) is 0 Å². The van der Waals surface area contributed by atoms with Crippen LogP contribution in [-0.4, -0.2) is 27.3 Å². The Morgan fingerprint density at radius 2 is 1.84 bits per heavy atom. The van der Waals surface area contributed by atoms with Crippen LogP contribution in [0.2, 0.25) is 0 Å². The minimum absolute atomic E-state index is 0.458. The van der Waals surface area contributed by atoms with Gasteiger partial charge in [0, 0.05) is 0 Å². The predicted molar refractivity (Wildman–Crippen MR) is 98.2 cm³/mol. The minimum Gasteiger partial charge on any atom is -0.495 e. The molecule has 0 amide bonds. The van der Waals surface area contributed by atoms with Crippen molar-refractivity contribution in [3.05, 3.63) is 59.9 Å². The van der Waals surface area contributed by atoms with Crippen molar-refractivity contribution in [2.45, 2.75) is 32.7 Å². The van der Waals surface area contributed by atoms with Gasteiger partial charge in [-0.05, 0) is 54.5 Å². The Labute approximate surface area is 147 Å². The van der Waals surface area contributed by atoms with E-state index in [1.165, 1.54) is 0 Å². The number of aryl methyl sites for hydroxylation is 1. The van der Waals surface area contributed by atoms with Crippen molar-refractivity contribution in [1.29, 1.82) is 0 Å². The van der Waals surface area contributed by atoms with Crippen molar-refractivity contribution < 1.29 is 4.74 Å². The second-order valence-electron chi connectivity index (χ2n) is 6.21. The van der Waals surface area contributed by atoms with Crippen LogP contribution >= 0.6 is 0 Å². The van der Waals surface area contributed by atoms with Crippen LogP contribution < -0.4 is 10.1 Å². The number of aromatic nitrogens is 4. The molecule has 2 aromatic carbocycles. The summed E-state index contributed by atoms with van der Waals surface area (Å²) in [7, 11) is 1.67. The van der Waals surface area contributed by atoms with Gasteiger partial charge >= 0.3 is 0 Å². The standard InChI is InChI=1S/C19H23N5O/c1-5-19(3,20-15-11-7-9-13-17(15)25-4)18-21-22-23-24(18)16-12-8-6-10-14(16)2/h6-13,20H,5H2,1-4H3/t19-/m0/s1. The van der Waals surface area contributed by atoms with Crippen molar-refractivity contribution in [1.82, 2.24) is 20.2 Å². The molecule has 130 valence electrons. The fourth-order valence-electron chi connectivity index (χ4n) is 2.84. The highest BCUT2D eigenvalue weighted by Gasteiger charge is 2.32. The van der Waals surface area contributed by atoms with Crippen LogP contribution in [0.3, 0.4) is 0 Å². The fraction of sp³-hybridized carbons (Fsp3) is 0.316. The maximum atomic E-state index is 5.47. The second kappa shape index (κ2) is 6.93. The van der Waals surface area contributed by atoms with Gasteiger partial charge in [-0.25, -0.2) is 0 Å². The van der Waals surface area contributed by atoms with Crippen LogP contribution in [0.1, 0.15) is 31.7 Å². The highest BCUT2D eigenvalue weighted by Crippen LogP contribution is 2.33. The zero-order chi connectivity index (χ0) is 17.9. The molecule has 1 heterocycles. The van der Waals surface area contributed by atoms with E-state index in [4.69, 9.17) is 4.74 Å². The first-order valence-corrected chi connectivity index (χ1v) is 8.35. The van der Waals surface area contributed by atoms with E-state index in [1.807, 2.05) is 42.5 Å². The summed E-state index contributed by atoms with van der Waals surface area (Å²) in [5, 5.41) is 16.1. The number of tetrazole rings is 1. The second-order valence-corrected chi connectivity index (χ2v) is 6.21. The number of ether oxygens (including phenoxy) is 1. The average molecular weight is 337 g/mol. The minimum atomic E-state index is -0.458. The quantitative estimate of drug-likeness (QED) is 0.743. The lowest BCUT2D eigenvalue weighted by Gasteiger charge is -2.30. The van der Waals surface area contributed by atoms with E-state index in [0.717, 1.165) is 34.9 Å². The Morgan fingerprint density at radius 1 is 1.12 bits per heavy atom. The van der Waals surface area contributed by atoms with E-state index >= 15 is 0 Å². The fourth-order valence-corrected chi connectivity index (χ4v) is 2.84. The Morgan fingerprint density at radius 3 is 2.56 bits per heavy atom. The van der Waals surface area contributed by atoms with Crippen LogP contribution in [0.5, 0.6) is 5.75 Å². The molecule has 0 aliphatic heterocycles. The van der Waals surface area contributed by atoms with Crippen LogP contribution in [0.25, 0.3) is 5.69 Å². The van der Waals surface area contributed by atoms with E-state index < -0.39 is 5.54 Å². The molecular formula is C19H23N5O. The van der Waals surface area contributed by atoms with Crippen molar-refractivity contribution >= 4 is 5.69 Å². The SMILES string of the molecule is CC[C@](C)(Nc1ccccc1OC)c1nnnn1-c1ccccc1C. The Hall–Kier alpha value is -2.89. The molecule has 25 heavy (non-hydrogen) atoms. The summed E-state index contributed by atoms with van der Waals surface area (Å²) in [5.74, 6) is 1.55. The van der Waals surface area contributed by atoms with Crippen LogP contribution in [0.15, 0.2) is 48.5 Å². The number of nitrogens with one attached hydrogen (secondary N) is 1. The van der Waals surface area contributed by atoms with Gasteiger partial charge < -0.3 is 10.1 Å². The van der Waals surface area contributed by atoms with Crippen molar-refractivity contribution in [3.63, 3.8) is 0 Å². The third kappa shape index (κ3) is 3.20. The average Bonchev–Trinajstić information content (AvgIpc) is 3.13. The van der Waals surface area contributed by atoms with Crippen LogP contribution in [0.4, 0.5) is 5.69 Å². The van der Waals surface area contributed by atoms with Gasteiger partial charge in [-0.15, -0.1) is 5.10 Å². The van der Waals surface area contributed by atoms with Gasteiger partial charge in [0.1, 0.15) is 5.75 Å². The normalized spacial score (nSPS) is 13.3. The third-order valence-electron chi connectivity index (χ3n) is 4.53. The summed E-state index contributed by atoms with van der Waals surface area (Å²) in [6, 6.07) is 15.9. The Balaban J connectivity index is 2.04. The number of benzene rings is 2. The van der Waals surface area contributed by atoms with Gasteiger partial charge in [-0.2, -0.15) is 4.68 Å². The van der Waals surface area contributed by atoms with E-state index in [2.05, 4.69) is 47.7 Å². The lowest BCUT2D eigenvalue weighted by molar-refractivity contribution is 0.411. The van der Waals surface area contributed by atoms with Crippen molar-refractivity contribution in [2.24, 2.45) is 0 Å². The van der Waals surface area contributed by atoms with Crippen LogP contribution in [0, 0.1) is 6.92 Å². The first-order valence-electron chi connectivity index (χ1n) is 8.35. The number of hydrogen-bond donors (Lipinski definition) is 1. The molecule has 3 aromatic rings. The smallest absolute Gasteiger partial charge is 0.181 e. The Kier molecular flexibility index (Phi) is 4.70. The van der Waals surface area contributed by atoms with E-state index in [0.29, 0.717) is 0 Å². The van der Waals surface area contributed by atoms with Gasteiger partial charge in [0.25, 0.3) is 0 Å². The predicted octanol–water partition coefficient (Wildman–Crippen LogP) is 3.72. The largest absolute Gasteiger partial charge is 0.495 e. The molecule has 0 radical (unpaired) electrons. The highest BCUT2D eigenvalue weighted by molar-refractivity contribution is 5.58. The molecule has 1 N–H and O–H groups in total. The number of methoxy groups -OCH3 is 1. The summed E-state index contributed by atoms with van der Waals surface area (Å²) >= 11 is 0. The third-order valence-corrected chi connectivity index (χ3v) is 4.53. The maximum absolute atomic E-state index is 5.47. The molecular weight excluding hydrogens is 314 g/mol. The number of rotatable bonds is 6. The topological polar surface area (TPSA) is 64.9 Å². The van der Waals surface area contributed by atoms with Gasteiger partial charge in [0.15, 0.2) is 5.82 Å². The molecule has 0 saturated carbocycles. The van der Waals surface area contributed by atoms with Crippen molar-refractivity contribution in [3.8, 4) is 11.4 Å². The monoisotopic (exact) mass is 337 g/mol. The molecule has 0 bridgehead atoms. The van der Waals surface area contributed by atoms with Gasteiger partial charge in [0.05, 0.1) is 24.0 Å². The first-order chi connectivity index (χ1) is 12.1. The number of para-hydroxylation sites is 3. The summed E-state index contributed by atoms with van der Waals surface area (Å²) in [6.45, 7) is 6.26. The number of nitrogens with zero attached hydrogens (tertiary/aromatic N) is 4. The maximum Gasteiger partial charge on any atom is 0.181 e. The molecule has 6 heteroatoms. The summed E-state index contributed by atoms with van der Waals surface area (Å²) < 4.78 is 7.27. The zero-order valence-electron chi connectivity index (χ0n) is 15.0. The van der Waals surface area contributed by atoms with Gasteiger partial charge in [-0.1, -0.05) is 37.3 Å². The zero-order valence-corrected chi connectivity index (χ0v) is 15.0. The molecule has 0 unspecified atom stereocenters. The molecule has 0 aliphatic rings. The molecule has 0 fully saturated rings. The summed E-state index contributed by atoms with van der Waals surface area (Å²) in [4.78, 5) is 0. The summed E-state index contributed by atoms with van der Waals surface area (Å²) in [5.41, 5.74) is 2.55.